The lowest BCUT2D eigenvalue weighted by atomic mass is 10.1. The first-order valence-corrected chi connectivity index (χ1v) is 9.92. The van der Waals surface area contributed by atoms with E-state index in [0.717, 1.165) is 34.6 Å². The highest BCUT2D eigenvalue weighted by atomic mass is 32.2. The van der Waals surface area contributed by atoms with Crippen molar-refractivity contribution in [3.05, 3.63) is 46.3 Å². The maximum Gasteiger partial charge on any atom is 0.316 e. The molecular weight excluding hydrogens is 372 g/mol. The van der Waals surface area contributed by atoms with Crippen molar-refractivity contribution in [2.24, 2.45) is 5.73 Å². The van der Waals surface area contributed by atoms with Crippen LogP contribution in [0.4, 0.5) is 5.00 Å². The molecule has 1 aliphatic carbocycles. The Balaban J connectivity index is 1.50. The second-order valence-corrected chi connectivity index (χ2v) is 7.89. The molecule has 136 valence electrons. The average Bonchev–Trinajstić information content (AvgIpc) is 3.19. The van der Waals surface area contributed by atoms with E-state index in [-0.39, 0.29) is 5.75 Å². The van der Waals surface area contributed by atoms with Crippen molar-refractivity contribution >= 4 is 45.9 Å². The number of carbonyl (C=O) groups excluding carboxylic acids is 3. The molecule has 0 atom stereocenters. The average molecular weight is 390 g/mol. The minimum Gasteiger partial charge on any atom is -0.455 e. The van der Waals surface area contributed by atoms with Crippen molar-refractivity contribution in [3.8, 4) is 0 Å². The Bertz CT molecular complexity index is 833. The van der Waals surface area contributed by atoms with E-state index in [0.29, 0.717) is 10.6 Å². The van der Waals surface area contributed by atoms with Crippen LogP contribution in [0.15, 0.2) is 35.2 Å². The number of primary amides is 1. The SMILES string of the molecule is NC(=O)c1c(NC(=O)COC(=O)CSc2ccccc2)sc2c1CCC2. The van der Waals surface area contributed by atoms with Gasteiger partial charge < -0.3 is 15.8 Å². The topological polar surface area (TPSA) is 98.5 Å². The molecule has 2 aromatic rings. The molecule has 1 heterocycles. The van der Waals surface area contributed by atoms with E-state index < -0.39 is 24.4 Å². The fourth-order valence-electron chi connectivity index (χ4n) is 2.76. The second-order valence-electron chi connectivity index (χ2n) is 5.74. The first-order chi connectivity index (χ1) is 12.5. The molecule has 0 unspecified atom stereocenters. The number of nitrogens with one attached hydrogen (secondary N) is 1. The molecule has 3 rings (SSSR count). The molecule has 2 amide bonds. The first-order valence-electron chi connectivity index (χ1n) is 8.12. The van der Waals surface area contributed by atoms with Crippen molar-refractivity contribution in [1.82, 2.24) is 0 Å². The Morgan fingerprint density at radius 1 is 1.19 bits per heavy atom. The van der Waals surface area contributed by atoms with Crippen LogP contribution in [0.3, 0.4) is 0 Å². The summed E-state index contributed by atoms with van der Waals surface area (Å²) in [5.74, 6) is -1.38. The summed E-state index contributed by atoms with van der Waals surface area (Å²) >= 11 is 2.71. The largest absolute Gasteiger partial charge is 0.455 e. The number of ether oxygens (including phenoxy) is 1. The molecular formula is C18H18N2O4S2. The van der Waals surface area contributed by atoms with Gasteiger partial charge in [0.2, 0.25) is 0 Å². The molecule has 0 aliphatic heterocycles. The summed E-state index contributed by atoms with van der Waals surface area (Å²) in [5.41, 5.74) is 6.78. The standard InChI is InChI=1S/C18H18N2O4S2/c19-17(23)16-12-7-4-8-13(12)26-18(16)20-14(21)9-24-15(22)10-25-11-5-2-1-3-6-11/h1-3,5-6H,4,7-10H2,(H2,19,23)(H,20,21). The number of amides is 2. The Hall–Kier alpha value is -2.32. The van der Waals surface area contributed by atoms with E-state index in [1.54, 1.807) is 0 Å². The lowest BCUT2D eigenvalue weighted by Gasteiger charge is -2.07. The Morgan fingerprint density at radius 3 is 2.69 bits per heavy atom. The zero-order valence-electron chi connectivity index (χ0n) is 13.9. The highest BCUT2D eigenvalue weighted by Gasteiger charge is 2.26. The minimum atomic E-state index is -0.545. The molecule has 0 bridgehead atoms. The van der Waals surface area contributed by atoms with Crippen LogP contribution in [0.1, 0.15) is 27.2 Å². The van der Waals surface area contributed by atoms with Gasteiger partial charge in [-0.05, 0) is 37.0 Å². The quantitative estimate of drug-likeness (QED) is 0.559. The molecule has 6 nitrogen and oxygen atoms in total. The molecule has 0 saturated carbocycles. The first kappa shape index (κ1) is 18.5. The number of thioether (sulfide) groups is 1. The molecule has 26 heavy (non-hydrogen) atoms. The molecule has 0 spiro atoms. The van der Waals surface area contributed by atoms with Crippen LogP contribution in [-0.4, -0.2) is 30.1 Å². The number of thiophene rings is 1. The Kier molecular flexibility index (Phi) is 5.95. The van der Waals surface area contributed by atoms with Gasteiger partial charge in [-0.15, -0.1) is 23.1 Å². The molecule has 0 radical (unpaired) electrons. The molecule has 3 N–H and O–H groups in total. The van der Waals surface area contributed by atoms with E-state index >= 15 is 0 Å². The summed E-state index contributed by atoms with van der Waals surface area (Å²) < 4.78 is 4.99. The van der Waals surface area contributed by atoms with Crippen LogP contribution in [-0.2, 0) is 27.2 Å². The van der Waals surface area contributed by atoms with Crippen LogP contribution in [0.25, 0.3) is 0 Å². The number of hydrogen-bond donors (Lipinski definition) is 2. The van der Waals surface area contributed by atoms with Crippen molar-refractivity contribution < 1.29 is 19.1 Å². The summed E-state index contributed by atoms with van der Waals surface area (Å²) in [6, 6.07) is 9.46. The van der Waals surface area contributed by atoms with E-state index in [1.807, 2.05) is 30.3 Å². The summed E-state index contributed by atoms with van der Waals surface area (Å²) in [4.78, 5) is 37.6. The smallest absolute Gasteiger partial charge is 0.316 e. The number of aryl methyl sites for hydroxylation is 1. The van der Waals surface area contributed by atoms with Crippen molar-refractivity contribution in [3.63, 3.8) is 0 Å². The van der Waals surface area contributed by atoms with Gasteiger partial charge in [-0.25, -0.2) is 0 Å². The van der Waals surface area contributed by atoms with Crippen molar-refractivity contribution in [1.29, 1.82) is 0 Å². The number of carbonyl (C=O) groups is 3. The van der Waals surface area contributed by atoms with Gasteiger partial charge in [0.15, 0.2) is 6.61 Å². The number of esters is 1. The van der Waals surface area contributed by atoms with Gasteiger partial charge in [-0.1, -0.05) is 18.2 Å². The summed E-state index contributed by atoms with van der Waals surface area (Å²) in [5, 5.41) is 3.09. The van der Waals surface area contributed by atoms with Crippen LogP contribution in [0.5, 0.6) is 0 Å². The Morgan fingerprint density at radius 2 is 1.96 bits per heavy atom. The van der Waals surface area contributed by atoms with E-state index in [9.17, 15) is 14.4 Å². The van der Waals surface area contributed by atoms with Crippen molar-refractivity contribution in [2.75, 3.05) is 17.7 Å². The van der Waals surface area contributed by atoms with Gasteiger partial charge in [0.1, 0.15) is 5.00 Å². The lowest BCUT2D eigenvalue weighted by molar-refractivity contribution is -0.144. The molecule has 1 aromatic carbocycles. The van der Waals surface area contributed by atoms with E-state index in [1.165, 1.54) is 23.1 Å². The molecule has 1 aliphatic rings. The van der Waals surface area contributed by atoms with Crippen LogP contribution in [0, 0.1) is 0 Å². The molecule has 8 heteroatoms. The summed E-state index contributed by atoms with van der Waals surface area (Å²) in [6.45, 7) is -0.394. The molecule has 1 aromatic heterocycles. The third-order valence-electron chi connectivity index (χ3n) is 3.88. The van der Waals surface area contributed by atoms with Gasteiger partial charge in [0.05, 0.1) is 11.3 Å². The number of nitrogens with two attached hydrogens (primary N) is 1. The predicted molar refractivity (Wildman–Crippen MR) is 102 cm³/mol. The zero-order valence-corrected chi connectivity index (χ0v) is 15.6. The highest BCUT2D eigenvalue weighted by molar-refractivity contribution is 8.00. The molecule has 0 fully saturated rings. The van der Waals surface area contributed by atoms with Gasteiger partial charge in [-0.3, -0.25) is 14.4 Å². The number of fused-ring (bicyclic) bond motifs is 1. The van der Waals surface area contributed by atoms with Gasteiger partial charge in [0, 0.05) is 9.77 Å². The highest BCUT2D eigenvalue weighted by Crippen LogP contribution is 2.38. The lowest BCUT2D eigenvalue weighted by Crippen LogP contribution is -2.23. The predicted octanol–water partition coefficient (Wildman–Crippen LogP) is 2.61. The monoisotopic (exact) mass is 390 g/mol. The van der Waals surface area contributed by atoms with Crippen LogP contribution in [0.2, 0.25) is 0 Å². The summed E-state index contributed by atoms with van der Waals surface area (Å²) in [7, 11) is 0. The number of benzene rings is 1. The third kappa shape index (κ3) is 4.44. The van der Waals surface area contributed by atoms with Gasteiger partial charge >= 0.3 is 5.97 Å². The number of anilines is 1. The van der Waals surface area contributed by atoms with Gasteiger partial charge in [-0.2, -0.15) is 0 Å². The van der Waals surface area contributed by atoms with Crippen LogP contribution >= 0.6 is 23.1 Å². The maximum atomic E-state index is 12.1. The van der Waals surface area contributed by atoms with Crippen LogP contribution < -0.4 is 11.1 Å². The minimum absolute atomic E-state index is 0.122. The normalized spacial score (nSPS) is 12.5. The molecule has 0 saturated heterocycles. The fraction of sp³-hybridized carbons (Fsp3) is 0.278. The van der Waals surface area contributed by atoms with E-state index in [2.05, 4.69) is 5.32 Å². The Labute approximate surface area is 159 Å². The zero-order chi connectivity index (χ0) is 18.5. The third-order valence-corrected chi connectivity index (χ3v) is 6.08. The van der Waals surface area contributed by atoms with Crippen molar-refractivity contribution in [2.45, 2.75) is 24.2 Å². The second kappa shape index (κ2) is 8.37. The maximum absolute atomic E-state index is 12.1. The van der Waals surface area contributed by atoms with Gasteiger partial charge in [0.25, 0.3) is 11.8 Å². The number of hydrogen-bond acceptors (Lipinski definition) is 6. The van der Waals surface area contributed by atoms with E-state index in [4.69, 9.17) is 10.5 Å². The summed E-state index contributed by atoms with van der Waals surface area (Å²) in [6.07, 6.45) is 2.68. The fourth-order valence-corrected chi connectivity index (χ4v) is 4.79. The number of rotatable bonds is 7.